The quantitative estimate of drug-likeness (QED) is 0.301. The van der Waals surface area contributed by atoms with Gasteiger partial charge in [0, 0.05) is 45.2 Å². The van der Waals surface area contributed by atoms with E-state index in [1.165, 1.54) is 0 Å². The molecule has 10 heteroatoms. The van der Waals surface area contributed by atoms with Crippen LogP contribution in [0.2, 0.25) is 0 Å². The Hall–Kier alpha value is -3.60. The van der Waals surface area contributed by atoms with Crippen LogP contribution in [0.4, 0.5) is 11.5 Å². The maximum absolute atomic E-state index is 13.0. The summed E-state index contributed by atoms with van der Waals surface area (Å²) in [6, 6.07) is 16.8. The summed E-state index contributed by atoms with van der Waals surface area (Å²) in [6.07, 6.45) is 2.66. The minimum Gasteiger partial charge on any atom is -0.357 e. The summed E-state index contributed by atoms with van der Waals surface area (Å²) >= 11 is 0. The summed E-state index contributed by atoms with van der Waals surface area (Å²) in [5.41, 5.74) is 3.88. The molecule has 0 amide bonds. The molecular formula is C30H36N6O3S. The lowest BCUT2D eigenvalue weighted by Crippen LogP contribution is -2.46. The number of para-hydroxylation sites is 1. The number of piperazine rings is 1. The number of hydrogen-bond donors (Lipinski definition) is 2. The minimum absolute atomic E-state index is 0.216. The zero-order valence-electron chi connectivity index (χ0n) is 23.2. The number of rotatable bonds is 10. The van der Waals surface area contributed by atoms with Gasteiger partial charge in [-0.15, -0.1) is 0 Å². The van der Waals surface area contributed by atoms with Crippen LogP contribution in [0, 0.1) is 0 Å². The van der Waals surface area contributed by atoms with Gasteiger partial charge in [0.2, 0.25) is 0 Å². The Bertz CT molecular complexity index is 1610. The van der Waals surface area contributed by atoms with Gasteiger partial charge in [0.05, 0.1) is 27.9 Å². The molecule has 0 aliphatic carbocycles. The van der Waals surface area contributed by atoms with Crippen molar-refractivity contribution in [2.75, 3.05) is 45.1 Å². The van der Waals surface area contributed by atoms with Gasteiger partial charge in [0.25, 0.3) is 0 Å². The predicted octanol–water partition coefficient (Wildman–Crippen LogP) is 3.83. The third-order valence-electron chi connectivity index (χ3n) is 7.27. The second kappa shape index (κ2) is 11.9. The van der Waals surface area contributed by atoms with Crippen LogP contribution in [0.5, 0.6) is 0 Å². The topological polar surface area (TPSA) is 111 Å². The Kier molecular flexibility index (Phi) is 8.30. The van der Waals surface area contributed by atoms with Gasteiger partial charge < -0.3 is 15.2 Å². The van der Waals surface area contributed by atoms with Gasteiger partial charge in [-0.3, -0.25) is 9.69 Å². The third kappa shape index (κ3) is 6.41. The van der Waals surface area contributed by atoms with Crippen molar-refractivity contribution in [2.45, 2.75) is 36.8 Å². The van der Waals surface area contributed by atoms with E-state index < -0.39 is 15.1 Å². The minimum atomic E-state index is -3.50. The molecule has 3 heterocycles. The molecule has 2 aromatic carbocycles. The van der Waals surface area contributed by atoms with Gasteiger partial charge in [-0.2, -0.15) is 0 Å². The Balaban J connectivity index is 1.35. The predicted molar refractivity (Wildman–Crippen MR) is 158 cm³/mol. The van der Waals surface area contributed by atoms with Crippen molar-refractivity contribution in [3.8, 4) is 0 Å². The van der Waals surface area contributed by atoms with Crippen LogP contribution in [-0.4, -0.2) is 84.0 Å². The lowest BCUT2D eigenvalue weighted by Gasteiger charge is -2.31. The maximum atomic E-state index is 13.0. The first kappa shape index (κ1) is 27.9. The molecule has 0 unspecified atom stereocenters. The van der Waals surface area contributed by atoms with Gasteiger partial charge in [0.1, 0.15) is 11.3 Å². The Morgan fingerprint density at radius 3 is 2.52 bits per heavy atom. The van der Waals surface area contributed by atoms with E-state index >= 15 is 0 Å². The zero-order chi connectivity index (χ0) is 28.3. The first-order valence-corrected chi connectivity index (χ1v) is 15.2. The normalized spacial score (nSPS) is 15.1. The van der Waals surface area contributed by atoms with Gasteiger partial charge in [-0.05, 0) is 50.2 Å². The molecule has 2 aromatic heterocycles. The lowest BCUT2D eigenvalue weighted by molar-refractivity contribution is -0.119. The first-order chi connectivity index (χ1) is 19.2. The monoisotopic (exact) mass is 560 g/mol. The first-order valence-electron chi connectivity index (χ1n) is 13.6. The number of anilines is 2. The number of aromatic amines is 1. The lowest BCUT2D eigenvalue weighted by atomic mass is 10.0. The second-order valence-electron chi connectivity index (χ2n) is 10.7. The largest absolute Gasteiger partial charge is 0.357 e. The van der Waals surface area contributed by atoms with E-state index in [9.17, 15) is 13.2 Å². The number of carbonyl (C=O) groups is 1. The van der Waals surface area contributed by atoms with Crippen LogP contribution >= 0.6 is 0 Å². The molecule has 0 spiro atoms. The van der Waals surface area contributed by atoms with E-state index in [1.807, 2.05) is 30.3 Å². The highest BCUT2D eigenvalue weighted by atomic mass is 32.2. The molecule has 9 nitrogen and oxygen atoms in total. The molecule has 0 saturated carbocycles. The summed E-state index contributed by atoms with van der Waals surface area (Å²) in [7, 11) is -1.39. The number of Topliss-reactive ketones (excluding diaryl/α,β-unsaturated/α-hetero) is 1. The second-order valence-corrected chi connectivity index (χ2v) is 13.2. The average molecular weight is 561 g/mol. The number of aromatic nitrogens is 3. The van der Waals surface area contributed by atoms with Crippen LogP contribution in [0.15, 0.2) is 65.7 Å². The van der Waals surface area contributed by atoms with E-state index in [0.717, 1.165) is 42.8 Å². The van der Waals surface area contributed by atoms with Crippen LogP contribution < -0.4 is 5.32 Å². The van der Waals surface area contributed by atoms with Crippen molar-refractivity contribution in [3.63, 3.8) is 0 Å². The van der Waals surface area contributed by atoms with Crippen molar-refractivity contribution in [2.24, 2.45) is 0 Å². The SMILES string of the molecule is CC(C)S(=O)(=O)c1ccccc1Nc1nc(Cc2cccc(CC(=O)CN3CCN(C)CC3)c2)nc2cc[nH]c12. The number of hydrogen-bond acceptors (Lipinski definition) is 8. The van der Waals surface area contributed by atoms with Crippen LogP contribution in [0.1, 0.15) is 30.8 Å². The van der Waals surface area contributed by atoms with Crippen LogP contribution in [0.3, 0.4) is 0 Å². The average Bonchev–Trinajstić information content (AvgIpc) is 3.39. The summed E-state index contributed by atoms with van der Waals surface area (Å²) in [4.78, 5) is 30.2. The van der Waals surface area contributed by atoms with Crippen molar-refractivity contribution in [3.05, 3.63) is 77.7 Å². The highest BCUT2D eigenvalue weighted by Gasteiger charge is 2.23. The standard InChI is InChI=1S/C30H36N6O3S/c1-21(2)40(38,39)27-10-5-4-9-25(27)33-30-29-26(11-12-31-29)32-28(34-30)19-23-8-6-7-22(17-23)18-24(37)20-36-15-13-35(3)14-16-36/h4-12,17,21,31H,13-16,18-20H2,1-3H3,(H,32,33,34). The molecule has 5 rings (SSSR count). The molecule has 210 valence electrons. The molecule has 1 fully saturated rings. The summed E-state index contributed by atoms with van der Waals surface area (Å²) in [6.45, 7) is 7.65. The van der Waals surface area contributed by atoms with E-state index in [0.29, 0.717) is 42.2 Å². The van der Waals surface area contributed by atoms with Crippen LogP contribution in [-0.2, 0) is 27.5 Å². The van der Waals surface area contributed by atoms with E-state index in [4.69, 9.17) is 9.97 Å². The molecule has 0 bridgehead atoms. The number of H-pyrrole nitrogens is 1. The Labute approximate surface area is 235 Å². The number of fused-ring (bicyclic) bond motifs is 1. The van der Waals surface area contributed by atoms with Crippen molar-refractivity contribution >= 4 is 38.2 Å². The molecule has 1 aliphatic rings. The number of carbonyl (C=O) groups excluding carboxylic acids is 1. The number of nitrogens with zero attached hydrogens (tertiary/aromatic N) is 4. The van der Waals surface area contributed by atoms with E-state index in [-0.39, 0.29) is 10.7 Å². The Morgan fingerprint density at radius 2 is 1.75 bits per heavy atom. The van der Waals surface area contributed by atoms with Crippen molar-refractivity contribution < 1.29 is 13.2 Å². The summed E-state index contributed by atoms with van der Waals surface area (Å²) < 4.78 is 26.0. The third-order valence-corrected chi connectivity index (χ3v) is 9.48. The van der Waals surface area contributed by atoms with E-state index in [2.05, 4.69) is 27.1 Å². The van der Waals surface area contributed by atoms with Crippen molar-refractivity contribution in [1.82, 2.24) is 24.8 Å². The molecule has 0 atom stereocenters. The van der Waals surface area contributed by atoms with Gasteiger partial charge >= 0.3 is 0 Å². The fourth-order valence-electron chi connectivity index (χ4n) is 4.93. The highest BCUT2D eigenvalue weighted by molar-refractivity contribution is 7.92. The smallest absolute Gasteiger partial charge is 0.182 e. The summed E-state index contributed by atoms with van der Waals surface area (Å²) in [5.74, 6) is 1.32. The number of benzene rings is 2. The molecule has 1 aliphatic heterocycles. The van der Waals surface area contributed by atoms with Crippen molar-refractivity contribution in [1.29, 1.82) is 0 Å². The maximum Gasteiger partial charge on any atom is 0.182 e. The number of nitrogens with one attached hydrogen (secondary N) is 2. The zero-order valence-corrected chi connectivity index (χ0v) is 24.0. The number of ketones is 1. The molecule has 0 radical (unpaired) electrons. The molecule has 40 heavy (non-hydrogen) atoms. The molecule has 1 saturated heterocycles. The van der Waals surface area contributed by atoms with Gasteiger partial charge in [0.15, 0.2) is 21.4 Å². The molecular weight excluding hydrogens is 524 g/mol. The highest BCUT2D eigenvalue weighted by Crippen LogP contribution is 2.30. The number of sulfone groups is 1. The Morgan fingerprint density at radius 1 is 1.00 bits per heavy atom. The molecule has 4 aromatic rings. The van der Waals surface area contributed by atoms with Gasteiger partial charge in [-0.1, -0.05) is 36.4 Å². The molecule has 2 N–H and O–H groups in total. The number of likely N-dealkylation sites (N-methyl/N-ethyl adjacent to an activating group) is 1. The summed E-state index contributed by atoms with van der Waals surface area (Å²) in [5, 5.41) is 2.70. The fourth-order valence-corrected chi connectivity index (χ4v) is 6.13. The van der Waals surface area contributed by atoms with Gasteiger partial charge in [-0.25, -0.2) is 18.4 Å². The fraction of sp³-hybridized carbons (Fsp3) is 0.367. The van der Waals surface area contributed by atoms with E-state index in [1.54, 1.807) is 44.3 Å². The van der Waals surface area contributed by atoms with Crippen LogP contribution in [0.25, 0.3) is 11.0 Å².